The van der Waals surface area contributed by atoms with Crippen LogP contribution in [-0.4, -0.2) is 43.4 Å². The van der Waals surface area contributed by atoms with Gasteiger partial charge in [-0.05, 0) is 47.3 Å². The standard InChI is InChI=1S/C24H21ClN2O5S/c1-30-20-9-8-15(12-21(20)31-2)19-13-18(22-7-4-10-33-22)26-27(19)23(28)14-32-24(29)16-5-3-6-17(25)11-16/h3-12,19H,13-14H2,1-2H3/t19-/m0/s1. The molecule has 170 valence electrons. The summed E-state index contributed by atoms with van der Waals surface area (Å²) in [5.74, 6) is 0.0817. The second kappa shape index (κ2) is 10.1. The van der Waals surface area contributed by atoms with E-state index < -0.39 is 18.5 Å². The molecule has 0 N–H and O–H groups in total. The number of thiophene rings is 1. The monoisotopic (exact) mass is 484 g/mol. The van der Waals surface area contributed by atoms with Gasteiger partial charge in [0.15, 0.2) is 18.1 Å². The van der Waals surface area contributed by atoms with E-state index in [0.717, 1.165) is 16.2 Å². The van der Waals surface area contributed by atoms with E-state index in [9.17, 15) is 9.59 Å². The SMILES string of the molecule is COc1ccc([C@@H]2CC(c3cccs3)=NN2C(=O)COC(=O)c2cccc(Cl)c2)cc1OC. The zero-order valence-electron chi connectivity index (χ0n) is 18.0. The van der Waals surface area contributed by atoms with E-state index in [-0.39, 0.29) is 11.6 Å². The van der Waals surface area contributed by atoms with Crippen molar-refractivity contribution in [3.63, 3.8) is 0 Å². The van der Waals surface area contributed by atoms with E-state index >= 15 is 0 Å². The van der Waals surface area contributed by atoms with Gasteiger partial charge in [-0.1, -0.05) is 29.8 Å². The minimum atomic E-state index is -0.629. The fraction of sp³-hybridized carbons (Fsp3) is 0.208. The Bertz CT molecular complexity index is 1200. The summed E-state index contributed by atoms with van der Waals surface area (Å²) >= 11 is 7.48. The van der Waals surface area contributed by atoms with E-state index in [0.29, 0.717) is 22.9 Å². The summed E-state index contributed by atoms with van der Waals surface area (Å²) < 4.78 is 16.0. The quantitative estimate of drug-likeness (QED) is 0.443. The van der Waals surface area contributed by atoms with Gasteiger partial charge in [-0.15, -0.1) is 11.3 Å². The molecule has 4 rings (SSSR count). The average molecular weight is 485 g/mol. The van der Waals surface area contributed by atoms with Crippen molar-refractivity contribution in [1.29, 1.82) is 0 Å². The number of nitrogens with zero attached hydrogens (tertiary/aromatic N) is 2. The normalized spacial score (nSPS) is 15.2. The Morgan fingerprint density at radius 2 is 1.91 bits per heavy atom. The minimum absolute atomic E-state index is 0.274. The van der Waals surface area contributed by atoms with E-state index in [1.54, 1.807) is 49.8 Å². The molecule has 0 fully saturated rings. The highest BCUT2D eigenvalue weighted by molar-refractivity contribution is 7.12. The molecule has 1 amide bonds. The molecule has 0 radical (unpaired) electrons. The molecule has 1 atom stereocenters. The van der Waals surface area contributed by atoms with Gasteiger partial charge in [0.25, 0.3) is 5.91 Å². The van der Waals surface area contributed by atoms with Crippen molar-refractivity contribution in [2.24, 2.45) is 5.10 Å². The first-order valence-electron chi connectivity index (χ1n) is 10.1. The van der Waals surface area contributed by atoms with Crippen molar-refractivity contribution < 1.29 is 23.8 Å². The van der Waals surface area contributed by atoms with Crippen LogP contribution < -0.4 is 9.47 Å². The Balaban J connectivity index is 1.56. The molecule has 1 aliphatic heterocycles. The van der Waals surface area contributed by atoms with Crippen molar-refractivity contribution in [2.75, 3.05) is 20.8 Å². The molecule has 1 aromatic heterocycles. The number of hydrazone groups is 1. The summed E-state index contributed by atoms with van der Waals surface area (Å²) in [6.45, 7) is -0.448. The van der Waals surface area contributed by atoms with Crippen LogP contribution in [0.3, 0.4) is 0 Å². The predicted molar refractivity (Wildman–Crippen MR) is 126 cm³/mol. The van der Waals surface area contributed by atoms with Gasteiger partial charge in [-0.25, -0.2) is 9.80 Å². The molecular formula is C24H21ClN2O5S. The summed E-state index contributed by atoms with van der Waals surface area (Å²) in [5.41, 5.74) is 1.90. The van der Waals surface area contributed by atoms with Gasteiger partial charge in [-0.2, -0.15) is 5.10 Å². The molecule has 0 bridgehead atoms. The number of ether oxygens (including phenoxy) is 3. The first-order chi connectivity index (χ1) is 16.0. The fourth-order valence-corrected chi connectivity index (χ4v) is 4.46. The van der Waals surface area contributed by atoms with E-state index in [1.165, 1.54) is 11.1 Å². The predicted octanol–water partition coefficient (Wildman–Crippen LogP) is 4.95. The number of carbonyl (C=O) groups is 2. The number of hydrogen-bond donors (Lipinski definition) is 0. The lowest BCUT2D eigenvalue weighted by Gasteiger charge is -2.22. The van der Waals surface area contributed by atoms with E-state index in [4.69, 9.17) is 25.8 Å². The summed E-state index contributed by atoms with van der Waals surface area (Å²) in [7, 11) is 3.12. The maximum Gasteiger partial charge on any atom is 0.338 e. The smallest absolute Gasteiger partial charge is 0.338 e. The number of halogens is 1. The van der Waals surface area contributed by atoms with Crippen LogP contribution in [0.25, 0.3) is 0 Å². The van der Waals surface area contributed by atoms with Gasteiger partial charge in [0.05, 0.1) is 36.4 Å². The summed E-state index contributed by atoms with van der Waals surface area (Å²) in [5, 5.41) is 8.32. The molecule has 0 saturated carbocycles. The molecule has 3 aromatic rings. The van der Waals surface area contributed by atoms with Crippen molar-refractivity contribution in [3.05, 3.63) is 81.0 Å². The minimum Gasteiger partial charge on any atom is -0.493 e. The topological polar surface area (TPSA) is 77.4 Å². The Morgan fingerprint density at radius 1 is 1.09 bits per heavy atom. The second-order valence-corrected chi connectivity index (χ2v) is 8.57. The van der Waals surface area contributed by atoms with Gasteiger partial charge in [0.2, 0.25) is 0 Å². The van der Waals surface area contributed by atoms with Crippen LogP contribution in [0.15, 0.2) is 65.1 Å². The molecule has 0 spiro atoms. The number of hydrogen-bond acceptors (Lipinski definition) is 7. The molecular weight excluding hydrogens is 464 g/mol. The van der Waals surface area contributed by atoms with Crippen LogP contribution in [0.1, 0.15) is 33.3 Å². The Hall–Kier alpha value is -3.36. The highest BCUT2D eigenvalue weighted by Gasteiger charge is 2.34. The Morgan fingerprint density at radius 3 is 2.61 bits per heavy atom. The van der Waals surface area contributed by atoms with Crippen molar-refractivity contribution in [1.82, 2.24) is 5.01 Å². The van der Waals surface area contributed by atoms with E-state index in [1.807, 2.05) is 29.6 Å². The molecule has 0 saturated heterocycles. The summed E-state index contributed by atoms with van der Waals surface area (Å²) in [4.78, 5) is 26.4. The third kappa shape index (κ3) is 5.02. The third-order valence-corrected chi connectivity index (χ3v) is 6.30. The van der Waals surface area contributed by atoms with E-state index in [2.05, 4.69) is 5.10 Å². The average Bonchev–Trinajstić information content (AvgIpc) is 3.52. The zero-order valence-corrected chi connectivity index (χ0v) is 19.6. The van der Waals surface area contributed by atoms with Gasteiger partial charge >= 0.3 is 5.97 Å². The molecule has 2 aromatic carbocycles. The first kappa shape index (κ1) is 22.8. The third-order valence-electron chi connectivity index (χ3n) is 5.15. The highest BCUT2D eigenvalue weighted by Crippen LogP contribution is 2.37. The lowest BCUT2D eigenvalue weighted by atomic mass is 10.0. The van der Waals surface area contributed by atoms with Crippen molar-refractivity contribution in [2.45, 2.75) is 12.5 Å². The number of benzene rings is 2. The lowest BCUT2D eigenvalue weighted by Crippen LogP contribution is -2.31. The van der Waals surface area contributed by atoms with Gasteiger partial charge in [0, 0.05) is 11.4 Å². The van der Waals surface area contributed by atoms with Crippen molar-refractivity contribution >= 4 is 40.5 Å². The summed E-state index contributed by atoms with van der Waals surface area (Å²) in [6.07, 6.45) is 0.518. The molecule has 0 unspecified atom stereocenters. The number of carbonyl (C=O) groups excluding carboxylic acids is 2. The van der Waals surface area contributed by atoms with Crippen LogP contribution >= 0.6 is 22.9 Å². The number of rotatable bonds is 7. The number of amides is 1. The zero-order chi connectivity index (χ0) is 23.4. The largest absolute Gasteiger partial charge is 0.493 e. The van der Waals surface area contributed by atoms with Crippen LogP contribution in [0, 0.1) is 0 Å². The maximum absolute atomic E-state index is 13.1. The maximum atomic E-state index is 13.1. The molecule has 9 heteroatoms. The molecule has 33 heavy (non-hydrogen) atoms. The molecule has 2 heterocycles. The number of esters is 1. The first-order valence-corrected chi connectivity index (χ1v) is 11.3. The van der Waals surface area contributed by atoms with Crippen LogP contribution in [0.2, 0.25) is 5.02 Å². The van der Waals surface area contributed by atoms with Gasteiger partial charge in [0.1, 0.15) is 0 Å². The Kier molecular flexibility index (Phi) is 6.96. The highest BCUT2D eigenvalue weighted by atomic mass is 35.5. The summed E-state index contributed by atoms with van der Waals surface area (Å²) in [6, 6.07) is 15.4. The van der Waals surface area contributed by atoms with Gasteiger partial charge in [-0.3, -0.25) is 4.79 Å². The number of methoxy groups -OCH3 is 2. The Labute approximate surface area is 200 Å². The molecule has 0 aliphatic carbocycles. The van der Waals surface area contributed by atoms with Crippen LogP contribution in [-0.2, 0) is 9.53 Å². The van der Waals surface area contributed by atoms with Gasteiger partial charge < -0.3 is 14.2 Å². The fourth-order valence-electron chi connectivity index (χ4n) is 3.54. The second-order valence-electron chi connectivity index (χ2n) is 7.18. The molecule has 7 nitrogen and oxygen atoms in total. The van der Waals surface area contributed by atoms with Crippen LogP contribution in [0.5, 0.6) is 11.5 Å². The van der Waals surface area contributed by atoms with Crippen molar-refractivity contribution in [3.8, 4) is 11.5 Å². The lowest BCUT2D eigenvalue weighted by molar-refractivity contribution is -0.136. The van der Waals surface area contributed by atoms with Crippen LogP contribution in [0.4, 0.5) is 0 Å². The molecule has 1 aliphatic rings.